The maximum absolute atomic E-state index is 12.9. The molecule has 0 bridgehead atoms. The Labute approximate surface area is 146 Å². The molecular weight excluding hydrogens is 347 g/mol. The second-order valence-corrected chi connectivity index (χ2v) is 6.62. The first kappa shape index (κ1) is 17.0. The molecule has 0 saturated heterocycles. The first-order valence-electron chi connectivity index (χ1n) is 7.32. The zero-order valence-corrected chi connectivity index (χ0v) is 13.6. The van der Waals surface area contributed by atoms with Gasteiger partial charge in [0.1, 0.15) is 5.82 Å². The fraction of sp³-hybridized carbons (Fsp3) is 0.118. The van der Waals surface area contributed by atoms with E-state index < -0.39 is 22.9 Å². The van der Waals surface area contributed by atoms with Crippen molar-refractivity contribution in [3.63, 3.8) is 0 Å². The molecule has 1 heterocycles. The number of nitrogens with one attached hydrogen (secondary N) is 2. The summed E-state index contributed by atoms with van der Waals surface area (Å²) in [6.45, 7) is 0. The third-order valence-electron chi connectivity index (χ3n) is 3.55. The lowest BCUT2D eigenvalue weighted by Gasteiger charge is -2.24. The highest BCUT2D eigenvalue weighted by atomic mass is 32.2. The summed E-state index contributed by atoms with van der Waals surface area (Å²) in [4.78, 5) is 35.9. The topological polar surface area (TPSA) is 95.5 Å². The van der Waals surface area contributed by atoms with Crippen LogP contribution in [0.5, 0.6) is 0 Å². The normalized spacial score (nSPS) is 15.9. The van der Waals surface area contributed by atoms with E-state index in [1.165, 1.54) is 42.5 Å². The third-order valence-corrected chi connectivity index (χ3v) is 4.80. The number of anilines is 2. The van der Waals surface area contributed by atoms with Crippen LogP contribution in [0, 0.1) is 5.82 Å². The summed E-state index contributed by atoms with van der Waals surface area (Å²) in [7, 11) is 0. The van der Waals surface area contributed by atoms with Crippen molar-refractivity contribution < 1.29 is 23.9 Å². The summed E-state index contributed by atoms with van der Waals surface area (Å²) in [5, 5.41) is 13.6. The van der Waals surface area contributed by atoms with E-state index in [0.29, 0.717) is 16.3 Å². The van der Waals surface area contributed by atoms with Gasteiger partial charge in [0, 0.05) is 17.0 Å². The number of benzene rings is 2. The van der Waals surface area contributed by atoms with Gasteiger partial charge in [0.2, 0.25) is 11.8 Å². The molecule has 2 aromatic carbocycles. The van der Waals surface area contributed by atoms with Crippen molar-refractivity contribution in [2.24, 2.45) is 0 Å². The molecule has 3 N–H and O–H groups in total. The summed E-state index contributed by atoms with van der Waals surface area (Å²) < 4.78 is 12.9. The fourth-order valence-electron chi connectivity index (χ4n) is 2.32. The number of carboxylic acids is 1. The molecule has 8 heteroatoms. The molecule has 6 nitrogen and oxygen atoms in total. The highest BCUT2D eigenvalue weighted by Gasteiger charge is 2.29. The van der Waals surface area contributed by atoms with Crippen LogP contribution in [-0.4, -0.2) is 28.1 Å². The van der Waals surface area contributed by atoms with Crippen LogP contribution in [0.15, 0.2) is 47.4 Å². The molecule has 0 saturated carbocycles. The van der Waals surface area contributed by atoms with Crippen LogP contribution in [0.3, 0.4) is 0 Å². The minimum absolute atomic E-state index is 0.0926. The van der Waals surface area contributed by atoms with Crippen LogP contribution in [0.1, 0.15) is 16.8 Å². The highest BCUT2D eigenvalue weighted by Crippen LogP contribution is 2.37. The van der Waals surface area contributed by atoms with Crippen molar-refractivity contribution in [2.75, 3.05) is 10.6 Å². The lowest BCUT2D eigenvalue weighted by atomic mass is 10.2. The molecule has 25 heavy (non-hydrogen) atoms. The van der Waals surface area contributed by atoms with E-state index in [1.54, 1.807) is 0 Å². The van der Waals surface area contributed by atoms with Gasteiger partial charge in [-0.2, -0.15) is 0 Å². The van der Waals surface area contributed by atoms with Crippen LogP contribution in [0.4, 0.5) is 15.8 Å². The summed E-state index contributed by atoms with van der Waals surface area (Å²) in [6.07, 6.45) is -0.0926. The van der Waals surface area contributed by atoms with E-state index in [4.69, 9.17) is 5.11 Å². The maximum atomic E-state index is 12.9. The molecule has 0 aliphatic carbocycles. The average molecular weight is 360 g/mol. The van der Waals surface area contributed by atoms with Crippen LogP contribution < -0.4 is 10.6 Å². The largest absolute Gasteiger partial charge is 0.478 e. The van der Waals surface area contributed by atoms with Crippen molar-refractivity contribution in [3.05, 3.63) is 53.8 Å². The predicted octanol–water partition coefficient (Wildman–Crippen LogP) is 2.97. The van der Waals surface area contributed by atoms with E-state index in [2.05, 4.69) is 10.6 Å². The Hall–Kier alpha value is -2.87. The Morgan fingerprint density at radius 3 is 2.60 bits per heavy atom. The summed E-state index contributed by atoms with van der Waals surface area (Å²) in [5.41, 5.74) is 1.06. The van der Waals surface area contributed by atoms with Crippen LogP contribution in [0.2, 0.25) is 0 Å². The third kappa shape index (κ3) is 3.97. The Morgan fingerprint density at radius 2 is 1.92 bits per heavy atom. The zero-order chi connectivity index (χ0) is 18.0. The summed E-state index contributed by atoms with van der Waals surface area (Å²) >= 11 is 1.14. The predicted molar refractivity (Wildman–Crippen MR) is 91.3 cm³/mol. The molecule has 2 aromatic rings. The summed E-state index contributed by atoms with van der Waals surface area (Å²) in [5.74, 6) is -2.19. The highest BCUT2D eigenvalue weighted by molar-refractivity contribution is 8.01. The molecule has 3 rings (SSSR count). The van der Waals surface area contributed by atoms with Crippen molar-refractivity contribution in [3.8, 4) is 0 Å². The molecule has 0 aromatic heterocycles. The second-order valence-electron chi connectivity index (χ2n) is 5.37. The number of hydrogen-bond donors (Lipinski definition) is 3. The number of carboxylic acid groups (broad SMARTS) is 1. The quantitative estimate of drug-likeness (QED) is 0.779. The number of carbonyl (C=O) groups is 3. The smallest absolute Gasteiger partial charge is 0.335 e. The molecule has 0 spiro atoms. The van der Waals surface area contributed by atoms with Gasteiger partial charge >= 0.3 is 5.97 Å². The van der Waals surface area contributed by atoms with E-state index in [0.717, 1.165) is 11.8 Å². The second kappa shape index (κ2) is 6.94. The van der Waals surface area contributed by atoms with Crippen molar-refractivity contribution >= 4 is 40.9 Å². The van der Waals surface area contributed by atoms with Crippen LogP contribution in [-0.2, 0) is 9.59 Å². The lowest BCUT2D eigenvalue weighted by Crippen LogP contribution is -2.32. The SMILES string of the molecule is O=C(C[C@H]1Sc2cc(C(=O)O)ccc2NC1=O)Nc1ccc(F)cc1. The number of hydrogen-bond acceptors (Lipinski definition) is 4. The van der Waals surface area contributed by atoms with E-state index >= 15 is 0 Å². The van der Waals surface area contributed by atoms with E-state index in [9.17, 15) is 18.8 Å². The molecule has 1 aliphatic rings. The van der Waals surface area contributed by atoms with Gasteiger partial charge in [-0.1, -0.05) is 0 Å². The molecule has 1 aliphatic heterocycles. The minimum atomic E-state index is -1.06. The molecule has 0 unspecified atom stereocenters. The number of thioether (sulfide) groups is 1. The number of carbonyl (C=O) groups excluding carboxylic acids is 2. The lowest BCUT2D eigenvalue weighted by molar-refractivity contribution is -0.120. The molecule has 0 radical (unpaired) electrons. The van der Waals surface area contributed by atoms with E-state index in [-0.39, 0.29) is 17.9 Å². The number of rotatable bonds is 4. The van der Waals surface area contributed by atoms with Crippen LogP contribution >= 0.6 is 11.8 Å². The van der Waals surface area contributed by atoms with Gasteiger partial charge in [-0.25, -0.2) is 9.18 Å². The Balaban J connectivity index is 1.69. The van der Waals surface area contributed by atoms with Gasteiger partial charge in [-0.15, -0.1) is 11.8 Å². The average Bonchev–Trinajstić information content (AvgIpc) is 2.57. The standard InChI is InChI=1S/C17H13FN2O4S/c18-10-2-4-11(5-3-10)19-15(21)8-14-16(22)20-12-6-1-9(17(23)24)7-13(12)25-14/h1-7,14H,8H2,(H,19,21)(H,20,22)(H,23,24)/t14-/m1/s1. The molecule has 1 atom stereocenters. The maximum Gasteiger partial charge on any atom is 0.335 e. The molecule has 128 valence electrons. The van der Waals surface area contributed by atoms with Gasteiger partial charge in [-0.05, 0) is 42.5 Å². The first-order valence-corrected chi connectivity index (χ1v) is 8.20. The Kier molecular flexibility index (Phi) is 4.71. The van der Waals surface area contributed by atoms with Crippen molar-refractivity contribution in [2.45, 2.75) is 16.6 Å². The van der Waals surface area contributed by atoms with Gasteiger partial charge in [0.15, 0.2) is 0 Å². The number of amides is 2. The van der Waals surface area contributed by atoms with Gasteiger partial charge in [0.25, 0.3) is 0 Å². The van der Waals surface area contributed by atoms with Gasteiger partial charge in [-0.3, -0.25) is 9.59 Å². The molecular formula is C17H13FN2O4S. The number of aromatic carboxylic acids is 1. The van der Waals surface area contributed by atoms with E-state index in [1.807, 2.05) is 0 Å². The fourth-order valence-corrected chi connectivity index (χ4v) is 3.47. The van der Waals surface area contributed by atoms with Crippen molar-refractivity contribution in [1.29, 1.82) is 0 Å². The van der Waals surface area contributed by atoms with Crippen molar-refractivity contribution in [1.82, 2.24) is 0 Å². The monoisotopic (exact) mass is 360 g/mol. The number of fused-ring (bicyclic) bond motifs is 1. The van der Waals surface area contributed by atoms with Crippen LogP contribution in [0.25, 0.3) is 0 Å². The Bertz CT molecular complexity index is 854. The summed E-state index contributed by atoms with van der Waals surface area (Å²) in [6, 6.07) is 9.70. The van der Waals surface area contributed by atoms with Gasteiger partial charge < -0.3 is 15.7 Å². The number of halogens is 1. The minimum Gasteiger partial charge on any atom is -0.478 e. The van der Waals surface area contributed by atoms with Gasteiger partial charge in [0.05, 0.1) is 16.5 Å². The zero-order valence-electron chi connectivity index (χ0n) is 12.8. The Morgan fingerprint density at radius 1 is 1.20 bits per heavy atom. The first-order chi connectivity index (χ1) is 11.9. The molecule has 2 amide bonds. The molecule has 0 fully saturated rings.